The highest BCUT2D eigenvalue weighted by atomic mass is 35.6. The maximum Gasteiger partial charge on any atom is 0.618 e. The van der Waals surface area contributed by atoms with E-state index in [1.807, 2.05) is 0 Å². The second-order valence-electron chi connectivity index (χ2n) is 0.206. The molecule has 13 heteroatoms. The topological polar surface area (TPSA) is 258 Å². The van der Waals surface area contributed by atoms with Gasteiger partial charge in [0.1, 0.15) is 0 Å². The number of carboxylic acid groups (broad SMARTS) is 1. The molecule has 0 saturated carbocycles. The fourth-order valence-electron chi connectivity index (χ4n) is 0. The lowest BCUT2D eigenvalue weighted by atomic mass is 11.7. The van der Waals surface area contributed by atoms with Crippen LogP contribution in [0.15, 0.2) is 0 Å². The predicted octanol–water partition coefficient (Wildman–Crippen LogP) is -5.99. The molecule has 0 fully saturated rings. The molecule has 0 aliphatic heterocycles. The first-order valence-electron chi connectivity index (χ1n) is 1.03. The first kappa shape index (κ1) is 111. The Morgan fingerprint density at radius 1 is 0.857 bits per heavy atom. The minimum Gasteiger partial charge on any atom is -0.483 e. The van der Waals surface area contributed by atoms with Crippen molar-refractivity contribution in [2.75, 3.05) is 0 Å². The van der Waals surface area contributed by atoms with Crippen LogP contribution >= 0.6 is 18.1 Å². The van der Waals surface area contributed by atoms with Gasteiger partial charge in [-0.3, -0.25) is 4.79 Å². The fraction of sp³-hybridized carbons (Fsp3) is 0. The van der Waals surface area contributed by atoms with Gasteiger partial charge in [-0.15, -0.1) is 0 Å². The number of rotatable bonds is 0. The van der Waals surface area contributed by atoms with E-state index >= 15 is 0 Å². The summed E-state index contributed by atoms with van der Waals surface area (Å²) in [4.78, 5) is 8.36. The van der Waals surface area contributed by atoms with Crippen molar-refractivity contribution in [1.82, 2.24) is 0 Å². The molecular weight excluding hydrogens is 276 g/mol. The summed E-state index contributed by atoms with van der Waals surface area (Å²) in [5.74, 6) is 0. The standard InChI is InChI=1S/CH2O2.2ClH.2Mg.7H2O.2H/c2-1-3;;;;;;;;;;;;;/h1H,(H,2,3);2*1H;;;7*1H2;;/q;;;;+2;;;;;;;;;/p-2. The van der Waals surface area contributed by atoms with Crippen molar-refractivity contribution >= 4 is 65.8 Å². The van der Waals surface area contributed by atoms with Gasteiger partial charge in [0.25, 0.3) is 6.47 Å². The molecular formula is CH18Cl2Mg2O9. The van der Waals surface area contributed by atoms with E-state index in [0.29, 0.717) is 0 Å². The lowest BCUT2D eigenvalue weighted by Gasteiger charge is -1.34. The average Bonchev–Trinajstić information content (AvgIpc) is 1.39. The van der Waals surface area contributed by atoms with Gasteiger partial charge in [-0.05, 0) is 0 Å². The minimum absolute atomic E-state index is 0. The number of halogens is 2. The molecule has 0 aromatic heterocycles. The summed E-state index contributed by atoms with van der Waals surface area (Å²) >= 11 is -0.639. The van der Waals surface area contributed by atoms with Crippen molar-refractivity contribution in [2.45, 2.75) is 0 Å². The quantitative estimate of drug-likeness (QED) is 0.337. The Labute approximate surface area is 113 Å². The van der Waals surface area contributed by atoms with Crippen LogP contribution in [-0.4, -0.2) is 91.1 Å². The summed E-state index contributed by atoms with van der Waals surface area (Å²) in [6, 6.07) is 0. The molecule has 0 aromatic rings. The van der Waals surface area contributed by atoms with Crippen LogP contribution < -0.4 is 0 Å². The highest BCUT2D eigenvalue weighted by molar-refractivity contribution is 7.22. The monoisotopic (exact) mass is 292 g/mol. The second-order valence-corrected chi connectivity index (χ2v) is 2.83. The zero-order chi connectivity index (χ0) is 5.41. The second kappa shape index (κ2) is 232. The van der Waals surface area contributed by atoms with E-state index in [0.717, 1.165) is 0 Å². The third-order valence-electron chi connectivity index (χ3n) is 0. The SMILES string of the molecule is O.O.O.O.O.O.O.O=CO.[Cl][Mg][Cl].[MgH2]. The molecule has 9 nitrogen and oxygen atoms in total. The highest BCUT2D eigenvalue weighted by Crippen LogP contribution is 1.67. The third kappa shape index (κ3) is 1190. The van der Waals surface area contributed by atoms with Crippen molar-refractivity contribution in [3.63, 3.8) is 0 Å². The maximum absolute atomic E-state index is 8.36. The number of hydrogen-bond donors (Lipinski definition) is 1. The molecule has 0 aromatic carbocycles. The van der Waals surface area contributed by atoms with Gasteiger partial charge >= 0.3 is 41.2 Å². The van der Waals surface area contributed by atoms with Crippen molar-refractivity contribution < 1.29 is 48.2 Å². The molecule has 0 rings (SSSR count). The zero-order valence-corrected chi connectivity index (χ0v) is 9.32. The lowest BCUT2D eigenvalue weighted by Crippen LogP contribution is -1.49. The van der Waals surface area contributed by atoms with E-state index in [1.165, 1.54) is 0 Å². The Morgan fingerprint density at radius 3 is 0.857 bits per heavy atom. The van der Waals surface area contributed by atoms with Crippen LogP contribution in [-0.2, 0) is 4.79 Å². The molecule has 0 unspecified atom stereocenters. The Balaban J connectivity index is -0.00000000182. The molecule has 0 amide bonds. The normalized spacial score (nSPS) is 1.57. The van der Waals surface area contributed by atoms with Gasteiger partial charge in [0.05, 0.1) is 0 Å². The van der Waals surface area contributed by atoms with E-state index in [4.69, 9.17) is 28.0 Å². The summed E-state index contributed by atoms with van der Waals surface area (Å²) in [7, 11) is 9.81. The molecule has 0 heterocycles. The molecule has 14 heavy (non-hydrogen) atoms. The smallest absolute Gasteiger partial charge is 0.483 e. The van der Waals surface area contributed by atoms with E-state index < -0.39 is 18.2 Å². The molecule has 94 valence electrons. The number of hydrogen-bond acceptors (Lipinski definition) is 1. The van der Waals surface area contributed by atoms with Crippen LogP contribution in [0.5, 0.6) is 0 Å². The largest absolute Gasteiger partial charge is 0.618 e. The van der Waals surface area contributed by atoms with Gasteiger partial charge in [0.15, 0.2) is 0 Å². The molecule has 0 spiro atoms. The van der Waals surface area contributed by atoms with Crippen molar-refractivity contribution in [3.05, 3.63) is 0 Å². The first-order valence-corrected chi connectivity index (χ1v) is 5.30. The van der Waals surface area contributed by atoms with E-state index in [-0.39, 0.29) is 67.9 Å². The summed E-state index contributed by atoms with van der Waals surface area (Å²) in [5.41, 5.74) is 0. The van der Waals surface area contributed by atoms with Gasteiger partial charge in [0.2, 0.25) is 0 Å². The summed E-state index contributed by atoms with van der Waals surface area (Å²) in [6.07, 6.45) is 0. The summed E-state index contributed by atoms with van der Waals surface area (Å²) < 4.78 is 0. The molecule has 0 bridgehead atoms. The van der Waals surface area contributed by atoms with Crippen LogP contribution in [0, 0.1) is 0 Å². The van der Waals surface area contributed by atoms with Crippen molar-refractivity contribution in [2.24, 2.45) is 0 Å². The zero-order valence-electron chi connectivity index (χ0n) is 6.40. The van der Waals surface area contributed by atoms with Crippen molar-refractivity contribution in [3.8, 4) is 0 Å². The summed E-state index contributed by atoms with van der Waals surface area (Å²) in [6.45, 7) is -0.250. The number of carbonyl (C=O) groups is 1. The van der Waals surface area contributed by atoms with Crippen LogP contribution in [0.4, 0.5) is 0 Å². The average molecular weight is 294 g/mol. The van der Waals surface area contributed by atoms with E-state index in [9.17, 15) is 0 Å². The molecule has 0 atom stereocenters. The Morgan fingerprint density at radius 2 is 0.857 bits per heavy atom. The maximum atomic E-state index is 8.36. The lowest BCUT2D eigenvalue weighted by molar-refractivity contribution is -0.122. The molecule has 15 N–H and O–H groups in total. The Hall–Kier alpha value is 1.30. The first-order chi connectivity index (χ1) is 2.83. The van der Waals surface area contributed by atoms with Crippen LogP contribution in [0.1, 0.15) is 0 Å². The highest BCUT2D eigenvalue weighted by Gasteiger charge is 1.64. The van der Waals surface area contributed by atoms with Crippen LogP contribution in [0.2, 0.25) is 0 Å². The van der Waals surface area contributed by atoms with E-state index in [2.05, 4.69) is 0 Å². The van der Waals surface area contributed by atoms with Gasteiger partial charge in [-0.25, -0.2) is 0 Å². The molecule has 0 saturated heterocycles. The molecule has 0 aliphatic rings. The fourth-order valence-corrected chi connectivity index (χ4v) is 0. The van der Waals surface area contributed by atoms with Crippen molar-refractivity contribution in [1.29, 1.82) is 0 Å². The third-order valence-corrected chi connectivity index (χ3v) is 0. The summed E-state index contributed by atoms with van der Waals surface area (Å²) in [5, 5.41) is 6.89. The molecule has 0 radical (unpaired) electrons. The van der Waals surface area contributed by atoms with Gasteiger partial charge in [0, 0.05) is 0 Å². The van der Waals surface area contributed by atoms with Gasteiger partial charge in [-0.1, -0.05) is 0 Å². The minimum atomic E-state index is -0.639. The van der Waals surface area contributed by atoms with E-state index in [1.54, 1.807) is 0 Å². The van der Waals surface area contributed by atoms with Gasteiger partial charge < -0.3 is 61.6 Å². The van der Waals surface area contributed by atoms with Crippen LogP contribution in [0.3, 0.4) is 0 Å². The Kier molecular flexibility index (Phi) is 1850. The molecule has 0 aliphatic carbocycles. The Bertz CT molecular complexity index is 34.8. The van der Waals surface area contributed by atoms with Gasteiger partial charge in [-0.2, -0.15) is 0 Å². The van der Waals surface area contributed by atoms with Crippen LogP contribution in [0.25, 0.3) is 0 Å². The predicted molar refractivity (Wildman–Crippen MR) is 60.0 cm³/mol.